The first-order valence-corrected chi connectivity index (χ1v) is 7.45. The van der Waals surface area contributed by atoms with Crippen molar-refractivity contribution >= 4 is 22.6 Å². The minimum absolute atomic E-state index is 0.202. The van der Waals surface area contributed by atoms with Crippen LogP contribution in [0, 0.1) is 18.7 Å². The van der Waals surface area contributed by atoms with E-state index in [9.17, 15) is 4.39 Å². The van der Waals surface area contributed by atoms with Crippen LogP contribution in [0.4, 0.5) is 10.1 Å². The molecule has 2 nitrogen and oxygen atoms in total. The van der Waals surface area contributed by atoms with Crippen molar-refractivity contribution in [2.45, 2.75) is 32.2 Å². The number of hydrogen-bond acceptors (Lipinski definition) is 3. The lowest BCUT2D eigenvalue weighted by molar-refractivity contribution is 0.535. The lowest BCUT2D eigenvalue weighted by atomic mass is 10.1. The van der Waals surface area contributed by atoms with Crippen LogP contribution in [0.5, 0.6) is 0 Å². The molecular weight excluding hydrogens is 247 g/mol. The van der Waals surface area contributed by atoms with Crippen LogP contribution in [-0.2, 0) is 0 Å². The van der Waals surface area contributed by atoms with Crippen molar-refractivity contribution in [1.82, 2.24) is 0 Å². The molecule has 1 aliphatic carbocycles. The Labute approximate surface area is 111 Å². The van der Waals surface area contributed by atoms with Gasteiger partial charge in [-0.2, -0.15) is 0 Å². The number of anilines is 1. The zero-order valence-electron chi connectivity index (χ0n) is 10.4. The van der Waals surface area contributed by atoms with Gasteiger partial charge in [0.25, 0.3) is 0 Å². The number of halogens is 1. The smallest absolute Gasteiger partial charge is 0.161 e. The van der Waals surface area contributed by atoms with E-state index < -0.39 is 0 Å². The first-order chi connectivity index (χ1) is 8.72. The van der Waals surface area contributed by atoms with Crippen LogP contribution in [0.25, 0.3) is 0 Å². The molecular formula is C14H17FN2S. The number of fused-ring (bicyclic) bond motifs is 1. The maximum absolute atomic E-state index is 13.7. The van der Waals surface area contributed by atoms with Gasteiger partial charge < -0.3 is 5.32 Å². The van der Waals surface area contributed by atoms with Crippen molar-refractivity contribution < 1.29 is 4.39 Å². The molecule has 1 aromatic carbocycles. The summed E-state index contributed by atoms with van der Waals surface area (Å²) in [5, 5.41) is 4.00. The SMILES string of the molecule is Cc1ccc(NC2=NC3CCCC3CS2)c(F)c1. The molecule has 1 heterocycles. The van der Waals surface area contributed by atoms with Crippen molar-refractivity contribution in [3.05, 3.63) is 29.6 Å². The van der Waals surface area contributed by atoms with Crippen LogP contribution in [-0.4, -0.2) is 17.0 Å². The van der Waals surface area contributed by atoms with Gasteiger partial charge in [0.05, 0.1) is 11.7 Å². The van der Waals surface area contributed by atoms with E-state index in [0.717, 1.165) is 22.4 Å². The van der Waals surface area contributed by atoms with Gasteiger partial charge in [0.2, 0.25) is 0 Å². The van der Waals surface area contributed by atoms with Gasteiger partial charge in [0.15, 0.2) is 5.17 Å². The van der Waals surface area contributed by atoms with Gasteiger partial charge in [0, 0.05) is 5.75 Å². The molecule has 0 bridgehead atoms. The lowest BCUT2D eigenvalue weighted by Gasteiger charge is -2.23. The lowest BCUT2D eigenvalue weighted by Crippen LogP contribution is -2.25. The Morgan fingerprint density at radius 3 is 3.11 bits per heavy atom. The van der Waals surface area contributed by atoms with E-state index in [0.29, 0.717) is 11.7 Å². The highest BCUT2D eigenvalue weighted by Gasteiger charge is 2.31. The molecule has 96 valence electrons. The van der Waals surface area contributed by atoms with E-state index in [2.05, 4.69) is 5.32 Å². The zero-order chi connectivity index (χ0) is 12.5. The third-order valence-corrected chi connectivity index (χ3v) is 4.78. The van der Waals surface area contributed by atoms with Crippen LogP contribution < -0.4 is 5.32 Å². The van der Waals surface area contributed by atoms with Crippen LogP contribution in [0.3, 0.4) is 0 Å². The van der Waals surface area contributed by atoms with Crippen LogP contribution in [0.15, 0.2) is 23.2 Å². The second-order valence-corrected chi connectivity index (χ2v) is 6.12. The highest BCUT2D eigenvalue weighted by atomic mass is 32.2. The van der Waals surface area contributed by atoms with Crippen LogP contribution in [0.1, 0.15) is 24.8 Å². The van der Waals surface area contributed by atoms with Crippen molar-refractivity contribution in [2.75, 3.05) is 11.1 Å². The predicted octanol–water partition coefficient (Wildman–Crippen LogP) is 3.82. The van der Waals surface area contributed by atoms with Gasteiger partial charge in [-0.3, -0.25) is 4.99 Å². The minimum Gasteiger partial charge on any atom is -0.333 e. The van der Waals surface area contributed by atoms with Gasteiger partial charge >= 0.3 is 0 Å². The third-order valence-electron chi connectivity index (χ3n) is 3.70. The molecule has 2 atom stereocenters. The quantitative estimate of drug-likeness (QED) is 0.834. The Balaban J connectivity index is 1.76. The molecule has 0 spiro atoms. The van der Waals surface area contributed by atoms with Crippen molar-refractivity contribution in [3.8, 4) is 0 Å². The fourth-order valence-electron chi connectivity index (χ4n) is 2.66. The predicted molar refractivity (Wildman–Crippen MR) is 75.8 cm³/mol. The van der Waals surface area contributed by atoms with Gasteiger partial charge in [-0.05, 0) is 43.4 Å². The molecule has 0 amide bonds. The molecule has 1 N–H and O–H groups in total. The zero-order valence-corrected chi connectivity index (χ0v) is 11.3. The molecule has 2 aliphatic rings. The number of hydrogen-bond donors (Lipinski definition) is 1. The normalized spacial score (nSPS) is 26.7. The molecule has 18 heavy (non-hydrogen) atoms. The van der Waals surface area contributed by atoms with E-state index in [1.807, 2.05) is 13.0 Å². The second kappa shape index (κ2) is 4.92. The van der Waals surface area contributed by atoms with E-state index in [1.54, 1.807) is 23.9 Å². The first-order valence-electron chi connectivity index (χ1n) is 6.46. The average molecular weight is 264 g/mol. The summed E-state index contributed by atoms with van der Waals surface area (Å²) in [7, 11) is 0. The van der Waals surface area contributed by atoms with E-state index in [4.69, 9.17) is 4.99 Å². The van der Waals surface area contributed by atoms with Gasteiger partial charge in [-0.25, -0.2) is 4.39 Å². The van der Waals surface area contributed by atoms with Crippen LogP contribution in [0.2, 0.25) is 0 Å². The summed E-state index contributed by atoms with van der Waals surface area (Å²) in [4.78, 5) is 4.70. The maximum atomic E-state index is 13.7. The van der Waals surface area contributed by atoms with Crippen molar-refractivity contribution in [3.63, 3.8) is 0 Å². The Kier molecular flexibility index (Phi) is 3.29. The molecule has 1 aliphatic heterocycles. The average Bonchev–Trinajstić information content (AvgIpc) is 2.80. The fourth-order valence-corrected chi connectivity index (χ4v) is 3.81. The molecule has 0 radical (unpaired) electrons. The summed E-state index contributed by atoms with van der Waals surface area (Å²) in [6, 6.07) is 5.71. The molecule has 1 fully saturated rings. The molecule has 1 saturated carbocycles. The van der Waals surface area contributed by atoms with Crippen molar-refractivity contribution in [2.24, 2.45) is 10.9 Å². The van der Waals surface area contributed by atoms with E-state index >= 15 is 0 Å². The minimum atomic E-state index is -0.202. The Morgan fingerprint density at radius 1 is 1.39 bits per heavy atom. The first kappa shape index (κ1) is 12.0. The Hall–Kier alpha value is -1.03. The summed E-state index contributed by atoms with van der Waals surface area (Å²) in [5.74, 6) is 1.65. The Morgan fingerprint density at radius 2 is 2.28 bits per heavy atom. The number of benzene rings is 1. The highest BCUT2D eigenvalue weighted by molar-refractivity contribution is 8.14. The van der Waals surface area contributed by atoms with Crippen LogP contribution >= 0.6 is 11.8 Å². The number of aryl methyl sites for hydroxylation is 1. The maximum Gasteiger partial charge on any atom is 0.161 e. The standard InChI is InChI=1S/C14H17FN2S/c1-9-5-6-13(11(15)7-9)17-14-16-12-4-2-3-10(12)8-18-14/h5-7,10,12H,2-4,8H2,1H3,(H,16,17). The third kappa shape index (κ3) is 2.39. The molecule has 0 saturated heterocycles. The van der Waals surface area contributed by atoms with Gasteiger partial charge in [0.1, 0.15) is 5.82 Å². The number of nitrogens with one attached hydrogen (secondary N) is 1. The topological polar surface area (TPSA) is 24.4 Å². The van der Waals surface area contributed by atoms with E-state index in [1.165, 1.54) is 19.3 Å². The molecule has 3 rings (SSSR count). The summed E-state index contributed by atoms with van der Waals surface area (Å²) in [6.45, 7) is 1.89. The fraction of sp³-hybridized carbons (Fsp3) is 0.500. The second-order valence-electron chi connectivity index (χ2n) is 5.11. The summed E-state index contributed by atoms with van der Waals surface area (Å²) >= 11 is 1.72. The number of nitrogens with zero attached hydrogens (tertiary/aromatic N) is 1. The van der Waals surface area contributed by atoms with Crippen molar-refractivity contribution in [1.29, 1.82) is 0 Å². The molecule has 1 aromatic rings. The molecule has 0 aromatic heterocycles. The molecule has 4 heteroatoms. The number of amidine groups is 1. The molecule has 2 unspecified atom stereocenters. The highest BCUT2D eigenvalue weighted by Crippen LogP contribution is 2.35. The summed E-state index contributed by atoms with van der Waals surface area (Å²) in [6.07, 6.45) is 3.77. The monoisotopic (exact) mass is 264 g/mol. The number of rotatable bonds is 1. The van der Waals surface area contributed by atoms with Gasteiger partial charge in [-0.1, -0.05) is 24.2 Å². The Bertz CT molecular complexity index is 487. The number of thioether (sulfide) groups is 1. The summed E-state index contributed by atoms with van der Waals surface area (Å²) < 4.78 is 13.7. The largest absolute Gasteiger partial charge is 0.333 e. The van der Waals surface area contributed by atoms with Gasteiger partial charge in [-0.15, -0.1) is 0 Å². The van der Waals surface area contributed by atoms with E-state index in [-0.39, 0.29) is 5.82 Å². The summed E-state index contributed by atoms with van der Waals surface area (Å²) in [5.41, 5.74) is 1.47. The number of aliphatic imine (C=N–C) groups is 1.